The Morgan fingerprint density at radius 2 is 2.15 bits per heavy atom. The van der Waals surface area contributed by atoms with Crippen LogP contribution in [0.25, 0.3) is 0 Å². The minimum Gasteiger partial charge on any atom is -0.383 e. The van der Waals surface area contributed by atoms with Crippen LogP contribution < -0.4 is 11.1 Å². The third-order valence-corrected chi connectivity index (χ3v) is 3.63. The zero-order chi connectivity index (χ0) is 14.5. The molecular formula is C14H20FN3O2. The van der Waals surface area contributed by atoms with Crippen molar-refractivity contribution in [3.63, 3.8) is 0 Å². The molecule has 2 atom stereocenters. The van der Waals surface area contributed by atoms with Crippen LogP contribution >= 0.6 is 0 Å². The monoisotopic (exact) mass is 281 g/mol. The van der Waals surface area contributed by atoms with Crippen molar-refractivity contribution in [2.75, 3.05) is 33.4 Å². The molecule has 110 valence electrons. The van der Waals surface area contributed by atoms with E-state index in [0.29, 0.717) is 13.2 Å². The molecule has 5 nitrogen and oxygen atoms in total. The molecule has 2 rings (SSSR count). The van der Waals surface area contributed by atoms with E-state index in [1.54, 1.807) is 19.2 Å². The van der Waals surface area contributed by atoms with Crippen LogP contribution in [0.2, 0.25) is 0 Å². The topological polar surface area (TPSA) is 67.6 Å². The minimum absolute atomic E-state index is 0.0604. The van der Waals surface area contributed by atoms with E-state index in [0.717, 1.165) is 18.7 Å². The third kappa shape index (κ3) is 3.68. The highest BCUT2D eigenvalue weighted by molar-refractivity contribution is 5.72. The maximum Gasteiger partial charge on any atom is 0.312 e. The second kappa shape index (κ2) is 6.67. The van der Waals surface area contributed by atoms with Gasteiger partial charge in [-0.25, -0.2) is 9.18 Å². The first-order valence-electron chi connectivity index (χ1n) is 6.63. The van der Waals surface area contributed by atoms with Gasteiger partial charge < -0.3 is 15.8 Å². The van der Waals surface area contributed by atoms with E-state index >= 15 is 0 Å². The third-order valence-electron chi connectivity index (χ3n) is 3.63. The summed E-state index contributed by atoms with van der Waals surface area (Å²) in [5.41, 5.74) is 6.23. The number of hydrogen-bond donors (Lipinski definition) is 2. The molecule has 2 amide bonds. The summed E-state index contributed by atoms with van der Waals surface area (Å²) in [6.45, 7) is 2.94. The molecule has 0 unspecified atom stereocenters. The zero-order valence-electron chi connectivity index (χ0n) is 11.5. The Labute approximate surface area is 117 Å². The van der Waals surface area contributed by atoms with E-state index in [-0.39, 0.29) is 17.8 Å². The Bertz CT molecular complexity index is 452. The van der Waals surface area contributed by atoms with E-state index in [2.05, 4.69) is 10.2 Å². The van der Waals surface area contributed by atoms with Crippen molar-refractivity contribution in [1.29, 1.82) is 0 Å². The van der Waals surface area contributed by atoms with Gasteiger partial charge in [-0.2, -0.15) is 0 Å². The molecule has 1 aromatic carbocycles. The number of amides is 2. The van der Waals surface area contributed by atoms with Crippen LogP contribution in [0.3, 0.4) is 0 Å². The summed E-state index contributed by atoms with van der Waals surface area (Å²) in [5, 5.41) is 2.77. The maximum atomic E-state index is 13.0. The van der Waals surface area contributed by atoms with Crippen molar-refractivity contribution in [2.45, 2.75) is 12.0 Å². The Morgan fingerprint density at radius 3 is 2.75 bits per heavy atom. The van der Waals surface area contributed by atoms with Gasteiger partial charge in [-0.15, -0.1) is 0 Å². The average Bonchev–Trinajstić information content (AvgIpc) is 2.79. The molecule has 1 saturated heterocycles. The molecule has 0 saturated carbocycles. The second-order valence-corrected chi connectivity index (χ2v) is 5.03. The SMILES string of the molecule is COCCN1C[C@@H](NC(N)=O)[C@H](c2ccc(F)cc2)C1. The first-order valence-corrected chi connectivity index (χ1v) is 6.63. The summed E-state index contributed by atoms with van der Waals surface area (Å²) in [6, 6.07) is 5.80. The van der Waals surface area contributed by atoms with Gasteiger partial charge in [0.25, 0.3) is 0 Å². The van der Waals surface area contributed by atoms with E-state index in [4.69, 9.17) is 10.5 Å². The molecule has 1 aliphatic rings. The summed E-state index contributed by atoms with van der Waals surface area (Å²) < 4.78 is 18.1. The fraction of sp³-hybridized carbons (Fsp3) is 0.500. The molecule has 0 aromatic heterocycles. The normalized spacial score (nSPS) is 22.9. The first-order chi connectivity index (χ1) is 9.60. The van der Waals surface area contributed by atoms with Crippen LogP contribution in [-0.4, -0.2) is 50.3 Å². The highest BCUT2D eigenvalue weighted by atomic mass is 19.1. The molecule has 0 bridgehead atoms. The lowest BCUT2D eigenvalue weighted by Crippen LogP contribution is -2.42. The molecule has 6 heteroatoms. The number of rotatable bonds is 5. The van der Waals surface area contributed by atoms with Gasteiger partial charge in [0, 0.05) is 32.7 Å². The molecule has 0 radical (unpaired) electrons. The van der Waals surface area contributed by atoms with Crippen molar-refractivity contribution in [3.05, 3.63) is 35.6 Å². The molecule has 1 aliphatic heterocycles. The quantitative estimate of drug-likeness (QED) is 0.843. The number of nitrogens with zero attached hydrogens (tertiary/aromatic N) is 1. The number of carbonyl (C=O) groups is 1. The second-order valence-electron chi connectivity index (χ2n) is 5.03. The summed E-state index contributed by atoms with van der Waals surface area (Å²) in [5.74, 6) is -0.151. The van der Waals surface area contributed by atoms with Crippen LogP contribution in [-0.2, 0) is 4.74 Å². The van der Waals surface area contributed by atoms with Gasteiger partial charge in [0.1, 0.15) is 5.82 Å². The van der Waals surface area contributed by atoms with E-state index in [9.17, 15) is 9.18 Å². The molecule has 1 fully saturated rings. The molecule has 1 heterocycles. The largest absolute Gasteiger partial charge is 0.383 e. The van der Waals surface area contributed by atoms with E-state index in [1.165, 1.54) is 12.1 Å². The van der Waals surface area contributed by atoms with Gasteiger partial charge >= 0.3 is 6.03 Å². The van der Waals surface area contributed by atoms with Gasteiger partial charge in [0.2, 0.25) is 0 Å². The highest BCUT2D eigenvalue weighted by Crippen LogP contribution is 2.27. The maximum absolute atomic E-state index is 13.0. The fourth-order valence-electron chi connectivity index (χ4n) is 2.66. The van der Waals surface area contributed by atoms with Gasteiger partial charge in [-0.05, 0) is 17.7 Å². The van der Waals surface area contributed by atoms with Crippen molar-refractivity contribution in [3.8, 4) is 0 Å². The smallest absolute Gasteiger partial charge is 0.312 e. The van der Waals surface area contributed by atoms with Crippen molar-refractivity contribution in [2.24, 2.45) is 5.73 Å². The average molecular weight is 281 g/mol. The summed E-state index contributed by atoms with van der Waals surface area (Å²) in [6.07, 6.45) is 0. The van der Waals surface area contributed by atoms with Crippen molar-refractivity contribution >= 4 is 6.03 Å². The standard InChI is InChI=1S/C14H20FN3O2/c1-20-7-6-18-8-12(13(9-18)17-14(16)19)10-2-4-11(15)5-3-10/h2-5,12-13H,6-9H2,1H3,(H3,16,17,19)/t12-,13+/m0/s1. The lowest BCUT2D eigenvalue weighted by atomic mass is 9.94. The first kappa shape index (κ1) is 14.7. The van der Waals surface area contributed by atoms with Gasteiger partial charge in [-0.3, -0.25) is 4.90 Å². The van der Waals surface area contributed by atoms with Crippen LogP contribution in [0.1, 0.15) is 11.5 Å². The number of carbonyl (C=O) groups excluding carboxylic acids is 1. The summed E-state index contributed by atoms with van der Waals surface area (Å²) in [7, 11) is 1.66. The summed E-state index contributed by atoms with van der Waals surface area (Å²) in [4.78, 5) is 13.3. The number of ether oxygens (including phenoxy) is 1. The lowest BCUT2D eigenvalue weighted by Gasteiger charge is -2.19. The van der Waals surface area contributed by atoms with Gasteiger partial charge in [0.05, 0.1) is 12.6 Å². The number of likely N-dealkylation sites (tertiary alicyclic amines) is 1. The number of hydrogen-bond acceptors (Lipinski definition) is 3. The molecule has 0 spiro atoms. The number of urea groups is 1. The Balaban J connectivity index is 2.10. The van der Waals surface area contributed by atoms with Gasteiger partial charge in [-0.1, -0.05) is 12.1 Å². The number of methoxy groups -OCH3 is 1. The van der Waals surface area contributed by atoms with E-state index < -0.39 is 6.03 Å². The number of primary amides is 1. The Morgan fingerprint density at radius 1 is 1.45 bits per heavy atom. The van der Waals surface area contributed by atoms with E-state index in [1.807, 2.05) is 0 Å². The molecule has 1 aromatic rings. The number of halogens is 1. The van der Waals surface area contributed by atoms with Gasteiger partial charge in [0.15, 0.2) is 0 Å². The zero-order valence-corrected chi connectivity index (χ0v) is 11.5. The van der Waals surface area contributed by atoms with Crippen LogP contribution in [0.15, 0.2) is 24.3 Å². The number of nitrogens with one attached hydrogen (secondary N) is 1. The van der Waals surface area contributed by atoms with Crippen LogP contribution in [0, 0.1) is 5.82 Å². The van der Waals surface area contributed by atoms with Crippen LogP contribution in [0.5, 0.6) is 0 Å². The summed E-state index contributed by atoms with van der Waals surface area (Å²) >= 11 is 0. The molecule has 3 N–H and O–H groups in total. The molecule has 20 heavy (non-hydrogen) atoms. The fourth-order valence-corrected chi connectivity index (χ4v) is 2.66. The number of nitrogens with two attached hydrogens (primary N) is 1. The van der Waals surface area contributed by atoms with Crippen LogP contribution in [0.4, 0.5) is 9.18 Å². The lowest BCUT2D eigenvalue weighted by molar-refractivity contribution is 0.159. The molecular weight excluding hydrogens is 261 g/mol. The Hall–Kier alpha value is -1.66. The number of benzene rings is 1. The predicted molar refractivity (Wildman–Crippen MR) is 74.0 cm³/mol. The predicted octanol–water partition coefficient (Wildman–Crippen LogP) is 0.908. The van der Waals surface area contributed by atoms with Crippen molar-refractivity contribution < 1.29 is 13.9 Å². The highest BCUT2D eigenvalue weighted by Gasteiger charge is 2.34. The Kier molecular flexibility index (Phi) is 4.92. The molecule has 0 aliphatic carbocycles. The van der Waals surface area contributed by atoms with Crippen molar-refractivity contribution in [1.82, 2.24) is 10.2 Å². The minimum atomic E-state index is -0.532.